The molecule has 1 aliphatic rings. The summed E-state index contributed by atoms with van der Waals surface area (Å²) < 4.78 is 0. The minimum absolute atomic E-state index is 0.132. The molecule has 0 aliphatic carbocycles. The second-order valence-corrected chi connectivity index (χ2v) is 7.54. The smallest absolute Gasteiger partial charge is 0.176 e. The first kappa shape index (κ1) is 13.0. The van der Waals surface area contributed by atoms with Crippen LogP contribution in [0.4, 0.5) is 0 Å². The summed E-state index contributed by atoms with van der Waals surface area (Å²) in [6, 6.07) is 7.90. The molecule has 17 heavy (non-hydrogen) atoms. The second-order valence-electron chi connectivity index (χ2n) is 4.55. The van der Waals surface area contributed by atoms with E-state index in [1.165, 1.54) is 0 Å². The molecule has 0 radical (unpaired) electrons. The van der Waals surface area contributed by atoms with Crippen molar-refractivity contribution in [1.82, 2.24) is 0 Å². The Morgan fingerprint density at radius 3 is 2.59 bits per heavy atom. The van der Waals surface area contributed by atoms with Crippen molar-refractivity contribution < 1.29 is 4.79 Å². The molecule has 1 heterocycles. The Bertz CT molecular complexity index is 416. The van der Waals surface area contributed by atoms with Crippen LogP contribution < -0.4 is 0 Å². The van der Waals surface area contributed by atoms with Gasteiger partial charge in [0.15, 0.2) is 5.78 Å². The number of thioether (sulfide) groups is 2. The van der Waals surface area contributed by atoms with Gasteiger partial charge in [0.1, 0.15) is 0 Å². The second kappa shape index (κ2) is 5.49. The molecule has 92 valence electrons. The summed E-state index contributed by atoms with van der Waals surface area (Å²) in [5.74, 6) is 1.25. The lowest BCUT2D eigenvalue weighted by Crippen LogP contribution is -2.31. The molecule has 3 atom stereocenters. The fourth-order valence-electron chi connectivity index (χ4n) is 1.94. The number of benzene rings is 1. The topological polar surface area (TPSA) is 17.1 Å². The van der Waals surface area contributed by atoms with Gasteiger partial charge in [-0.25, -0.2) is 0 Å². The average Bonchev–Trinajstić information content (AvgIpc) is 2.32. The summed E-state index contributed by atoms with van der Waals surface area (Å²) in [6.07, 6.45) is 0. The SMILES string of the molecule is Cc1ccccc1C(=O)C1CSC(C)C(C)S1. The van der Waals surface area contributed by atoms with Gasteiger partial charge in [0, 0.05) is 21.8 Å². The third kappa shape index (κ3) is 2.89. The molecule has 0 saturated carbocycles. The van der Waals surface area contributed by atoms with E-state index in [0.717, 1.165) is 16.9 Å². The Hall–Kier alpha value is -0.410. The molecule has 2 rings (SSSR count). The number of Topliss-reactive ketones (excluding diaryl/α,β-unsaturated/α-hetero) is 1. The van der Waals surface area contributed by atoms with Gasteiger partial charge in [-0.1, -0.05) is 38.1 Å². The van der Waals surface area contributed by atoms with Crippen LogP contribution in [0.5, 0.6) is 0 Å². The highest BCUT2D eigenvalue weighted by Gasteiger charge is 2.31. The number of aryl methyl sites for hydroxylation is 1. The van der Waals surface area contributed by atoms with Gasteiger partial charge in [-0.05, 0) is 12.5 Å². The van der Waals surface area contributed by atoms with Crippen LogP contribution >= 0.6 is 23.5 Å². The summed E-state index contributed by atoms with van der Waals surface area (Å²) >= 11 is 3.76. The average molecular weight is 266 g/mol. The standard InChI is InChI=1S/C14H18OS2/c1-9-6-4-5-7-12(9)14(15)13-8-16-10(2)11(3)17-13/h4-7,10-11,13H,8H2,1-3H3. The zero-order chi connectivity index (χ0) is 12.4. The fourth-order valence-corrected chi connectivity index (χ4v) is 4.81. The third-order valence-corrected chi connectivity index (χ3v) is 6.64. The van der Waals surface area contributed by atoms with E-state index < -0.39 is 0 Å². The summed E-state index contributed by atoms with van der Waals surface area (Å²) in [4.78, 5) is 12.4. The molecule has 0 aromatic heterocycles. The molecule has 1 fully saturated rings. The molecule has 1 aromatic carbocycles. The van der Waals surface area contributed by atoms with E-state index in [9.17, 15) is 4.79 Å². The zero-order valence-corrected chi connectivity index (χ0v) is 12.1. The number of carbonyl (C=O) groups is 1. The van der Waals surface area contributed by atoms with Gasteiger partial charge in [-0.2, -0.15) is 11.8 Å². The van der Waals surface area contributed by atoms with E-state index in [1.807, 2.05) is 54.7 Å². The van der Waals surface area contributed by atoms with Gasteiger partial charge in [0.05, 0.1) is 5.25 Å². The van der Waals surface area contributed by atoms with E-state index in [-0.39, 0.29) is 5.25 Å². The van der Waals surface area contributed by atoms with Crippen molar-refractivity contribution in [3.8, 4) is 0 Å². The van der Waals surface area contributed by atoms with Crippen LogP contribution in [0.25, 0.3) is 0 Å². The van der Waals surface area contributed by atoms with Crippen LogP contribution in [-0.2, 0) is 0 Å². The molecule has 1 nitrogen and oxygen atoms in total. The van der Waals surface area contributed by atoms with E-state index >= 15 is 0 Å². The molecular formula is C14H18OS2. The number of hydrogen-bond donors (Lipinski definition) is 0. The van der Waals surface area contributed by atoms with Crippen molar-refractivity contribution in [2.75, 3.05) is 5.75 Å². The highest BCUT2D eigenvalue weighted by atomic mass is 32.2. The van der Waals surface area contributed by atoms with Crippen molar-refractivity contribution in [3.05, 3.63) is 35.4 Å². The van der Waals surface area contributed by atoms with Gasteiger partial charge in [0.2, 0.25) is 0 Å². The van der Waals surface area contributed by atoms with E-state index in [4.69, 9.17) is 0 Å². The Morgan fingerprint density at radius 2 is 1.94 bits per heavy atom. The summed E-state index contributed by atoms with van der Waals surface area (Å²) in [6.45, 7) is 6.48. The maximum atomic E-state index is 12.4. The van der Waals surface area contributed by atoms with Crippen LogP contribution in [0.1, 0.15) is 29.8 Å². The summed E-state index contributed by atoms with van der Waals surface area (Å²) in [5, 5.41) is 1.35. The summed E-state index contributed by atoms with van der Waals surface area (Å²) in [7, 11) is 0. The zero-order valence-electron chi connectivity index (χ0n) is 10.5. The number of carbonyl (C=O) groups excluding carboxylic acids is 1. The monoisotopic (exact) mass is 266 g/mol. The van der Waals surface area contributed by atoms with Gasteiger partial charge in [-0.3, -0.25) is 4.79 Å². The molecule has 3 heteroatoms. The first-order valence-electron chi connectivity index (χ1n) is 5.96. The molecule has 1 aromatic rings. The quantitative estimate of drug-likeness (QED) is 0.758. The maximum Gasteiger partial charge on any atom is 0.176 e. The first-order chi connectivity index (χ1) is 8.09. The van der Waals surface area contributed by atoms with Gasteiger partial charge >= 0.3 is 0 Å². The molecule has 3 unspecified atom stereocenters. The summed E-state index contributed by atoms with van der Waals surface area (Å²) in [5.41, 5.74) is 1.99. The van der Waals surface area contributed by atoms with E-state index in [2.05, 4.69) is 13.8 Å². The highest BCUT2D eigenvalue weighted by Crippen LogP contribution is 2.37. The van der Waals surface area contributed by atoms with Gasteiger partial charge < -0.3 is 0 Å². The Labute approximate surface area is 112 Å². The normalized spacial score (nSPS) is 29.0. The lowest BCUT2D eigenvalue weighted by Gasteiger charge is -2.30. The van der Waals surface area contributed by atoms with Gasteiger partial charge in [0.25, 0.3) is 0 Å². The fraction of sp³-hybridized carbons (Fsp3) is 0.500. The largest absolute Gasteiger partial charge is 0.293 e. The van der Waals surface area contributed by atoms with E-state index in [0.29, 0.717) is 16.3 Å². The van der Waals surface area contributed by atoms with Crippen LogP contribution in [0.3, 0.4) is 0 Å². The van der Waals surface area contributed by atoms with Crippen molar-refractivity contribution >= 4 is 29.3 Å². The molecule has 0 amide bonds. The van der Waals surface area contributed by atoms with Crippen LogP contribution in [0.15, 0.2) is 24.3 Å². The molecule has 0 bridgehead atoms. The van der Waals surface area contributed by atoms with Crippen molar-refractivity contribution in [2.45, 2.75) is 36.5 Å². The Balaban J connectivity index is 2.14. The van der Waals surface area contributed by atoms with Crippen molar-refractivity contribution in [3.63, 3.8) is 0 Å². The van der Waals surface area contributed by atoms with Crippen LogP contribution in [-0.4, -0.2) is 27.3 Å². The van der Waals surface area contributed by atoms with E-state index in [1.54, 1.807) is 0 Å². The van der Waals surface area contributed by atoms with Crippen LogP contribution in [0.2, 0.25) is 0 Å². The van der Waals surface area contributed by atoms with Crippen molar-refractivity contribution in [2.24, 2.45) is 0 Å². The lowest BCUT2D eigenvalue weighted by atomic mass is 10.0. The van der Waals surface area contributed by atoms with Crippen LogP contribution in [0, 0.1) is 6.92 Å². The minimum Gasteiger partial charge on any atom is -0.293 e. The highest BCUT2D eigenvalue weighted by molar-refractivity contribution is 8.08. The molecule has 0 spiro atoms. The molecular weight excluding hydrogens is 248 g/mol. The predicted molar refractivity (Wildman–Crippen MR) is 78.3 cm³/mol. The number of ketones is 1. The Morgan fingerprint density at radius 1 is 1.24 bits per heavy atom. The Kier molecular flexibility index (Phi) is 4.21. The lowest BCUT2D eigenvalue weighted by molar-refractivity contribution is 0.0994. The predicted octanol–water partition coefficient (Wildman–Crippen LogP) is 3.80. The minimum atomic E-state index is 0.132. The molecule has 1 saturated heterocycles. The number of hydrogen-bond acceptors (Lipinski definition) is 3. The van der Waals surface area contributed by atoms with Crippen molar-refractivity contribution in [1.29, 1.82) is 0 Å². The maximum absolute atomic E-state index is 12.4. The third-order valence-electron chi connectivity index (χ3n) is 3.25. The van der Waals surface area contributed by atoms with Gasteiger partial charge in [-0.15, -0.1) is 11.8 Å². The molecule has 0 N–H and O–H groups in total. The first-order valence-corrected chi connectivity index (χ1v) is 7.95. The molecule has 1 aliphatic heterocycles. The number of rotatable bonds is 2.